The smallest absolute Gasteiger partial charge is 0.328 e. The maximum atomic E-state index is 13.5. The van der Waals surface area contributed by atoms with Gasteiger partial charge in [-0.15, -0.1) is 0 Å². The first-order valence-corrected chi connectivity index (χ1v) is 13.2. The third-order valence-electron chi connectivity index (χ3n) is 6.72. The SMILES string of the molecule is CC(O)C(NC(=O)C(Cc1cnc[nH]1)NC(=O)C(Cc1cnc[nH]1)NC(=O)C(N)Cc1c[nH]c2ccccc12)C(=O)O. The Kier molecular flexibility index (Phi) is 9.67. The van der Waals surface area contributed by atoms with Gasteiger partial charge in [0.05, 0.1) is 24.8 Å². The highest BCUT2D eigenvalue weighted by Crippen LogP contribution is 2.19. The number of benzene rings is 1. The fraction of sp³-hybridized carbons (Fsp3) is 0.333. The Morgan fingerprint density at radius 2 is 1.43 bits per heavy atom. The molecule has 0 aliphatic heterocycles. The van der Waals surface area contributed by atoms with Gasteiger partial charge in [-0.2, -0.15) is 0 Å². The van der Waals surface area contributed by atoms with Crippen molar-refractivity contribution in [3.05, 3.63) is 72.5 Å². The lowest BCUT2D eigenvalue weighted by Gasteiger charge is -2.25. The number of amides is 3. The Labute approximate surface area is 239 Å². The Hall–Kier alpha value is -5.02. The Morgan fingerprint density at radius 3 is 1.98 bits per heavy atom. The van der Waals surface area contributed by atoms with Crippen molar-refractivity contribution < 1.29 is 29.4 Å². The van der Waals surface area contributed by atoms with Gasteiger partial charge >= 0.3 is 5.97 Å². The molecule has 0 bridgehead atoms. The number of H-pyrrole nitrogens is 3. The number of fused-ring (bicyclic) bond motifs is 1. The number of rotatable bonds is 14. The van der Waals surface area contributed by atoms with E-state index in [9.17, 15) is 29.4 Å². The molecule has 0 aliphatic rings. The monoisotopic (exact) mass is 579 g/mol. The molecule has 3 amide bonds. The lowest BCUT2D eigenvalue weighted by Crippen LogP contribution is -2.59. The number of nitrogens with two attached hydrogens (primary N) is 1. The number of hydrogen-bond acceptors (Lipinski definition) is 8. The third kappa shape index (κ3) is 7.58. The molecule has 4 aromatic rings. The average molecular weight is 580 g/mol. The number of carbonyl (C=O) groups is 4. The van der Waals surface area contributed by atoms with Crippen molar-refractivity contribution in [1.82, 2.24) is 40.9 Å². The number of aromatic amines is 3. The van der Waals surface area contributed by atoms with Crippen LogP contribution in [0.1, 0.15) is 23.9 Å². The number of carboxylic acids is 1. The van der Waals surface area contributed by atoms with Gasteiger partial charge in [0, 0.05) is 53.7 Å². The number of imidazole rings is 2. The van der Waals surface area contributed by atoms with Gasteiger partial charge in [-0.3, -0.25) is 14.4 Å². The maximum Gasteiger partial charge on any atom is 0.328 e. The van der Waals surface area contributed by atoms with E-state index in [1.165, 1.54) is 32.0 Å². The predicted molar refractivity (Wildman–Crippen MR) is 150 cm³/mol. The van der Waals surface area contributed by atoms with Crippen LogP contribution in [0.4, 0.5) is 0 Å². The van der Waals surface area contributed by atoms with E-state index in [-0.39, 0.29) is 19.3 Å². The Balaban J connectivity index is 1.50. The zero-order chi connectivity index (χ0) is 30.2. The summed E-state index contributed by atoms with van der Waals surface area (Å²) in [6.45, 7) is 1.22. The van der Waals surface area contributed by atoms with Gasteiger partial charge < -0.3 is 46.8 Å². The Morgan fingerprint density at radius 1 is 0.857 bits per heavy atom. The van der Waals surface area contributed by atoms with E-state index in [0.717, 1.165) is 16.5 Å². The quantitative estimate of drug-likeness (QED) is 0.0878. The average Bonchev–Trinajstić information content (AvgIpc) is 3.74. The van der Waals surface area contributed by atoms with Crippen molar-refractivity contribution >= 4 is 34.6 Å². The van der Waals surface area contributed by atoms with Crippen molar-refractivity contribution in [2.75, 3.05) is 0 Å². The van der Waals surface area contributed by atoms with E-state index in [0.29, 0.717) is 11.4 Å². The van der Waals surface area contributed by atoms with Gasteiger partial charge in [-0.25, -0.2) is 14.8 Å². The molecule has 0 aliphatic carbocycles. The number of nitrogens with zero attached hydrogens (tertiary/aromatic N) is 2. The fourth-order valence-corrected chi connectivity index (χ4v) is 4.47. The fourth-order valence-electron chi connectivity index (χ4n) is 4.47. The van der Waals surface area contributed by atoms with Gasteiger partial charge in [0.15, 0.2) is 6.04 Å². The highest BCUT2D eigenvalue weighted by molar-refractivity contribution is 5.94. The van der Waals surface area contributed by atoms with E-state index in [2.05, 4.69) is 40.9 Å². The molecule has 15 nitrogen and oxygen atoms in total. The van der Waals surface area contributed by atoms with Crippen LogP contribution in [0.5, 0.6) is 0 Å². The first kappa shape index (κ1) is 30.0. The van der Waals surface area contributed by atoms with Crippen LogP contribution in [0.25, 0.3) is 10.9 Å². The topological polar surface area (TPSA) is 244 Å². The predicted octanol–water partition coefficient (Wildman–Crippen LogP) is -1.11. The molecular formula is C27H33N9O6. The standard InChI is InChI=1S/C27H33N9O6/c1-14(37)23(27(41)42)36-26(40)22(8-17-11-30-13-33-17)35-25(39)21(7-16-10-29-12-32-16)34-24(38)19(28)6-15-9-31-20-5-3-2-4-18(15)20/h2-5,9-14,19,21-23,31,37H,6-8,28H2,1H3,(H,29,32)(H,30,33)(H,34,38)(H,35,39)(H,36,40)(H,41,42). The van der Waals surface area contributed by atoms with Crippen molar-refractivity contribution in [2.45, 2.75) is 56.5 Å². The highest BCUT2D eigenvalue weighted by Gasteiger charge is 2.32. The van der Waals surface area contributed by atoms with Crippen LogP contribution < -0.4 is 21.7 Å². The first-order chi connectivity index (χ1) is 20.1. The molecule has 0 fully saturated rings. The minimum absolute atomic E-state index is 0.00119. The summed E-state index contributed by atoms with van der Waals surface area (Å²) < 4.78 is 0. The lowest BCUT2D eigenvalue weighted by molar-refractivity contribution is -0.145. The zero-order valence-corrected chi connectivity index (χ0v) is 22.7. The van der Waals surface area contributed by atoms with Crippen molar-refractivity contribution in [3.63, 3.8) is 0 Å². The van der Waals surface area contributed by atoms with Crippen LogP contribution in [0, 0.1) is 0 Å². The second-order valence-electron chi connectivity index (χ2n) is 9.92. The molecule has 42 heavy (non-hydrogen) atoms. The number of nitrogens with one attached hydrogen (secondary N) is 6. The van der Waals surface area contributed by atoms with Crippen molar-refractivity contribution in [3.8, 4) is 0 Å². The molecule has 15 heteroatoms. The van der Waals surface area contributed by atoms with Gasteiger partial charge in [0.25, 0.3) is 0 Å². The minimum atomic E-state index is -1.61. The molecule has 0 saturated heterocycles. The van der Waals surface area contributed by atoms with Crippen LogP contribution in [0.2, 0.25) is 0 Å². The maximum absolute atomic E-state index is 13.5. The lowest BCUT2D eigenvalue weighted by atomic mass is 10.0. The molecule has 3 heterocycles. The number of aliphatic hydroxyl groups is 1. The molecule has 3 aromatic heterocycles. The van der Waals surface area contributed by atoms with Gasteiger partial charge in [-0.1, -0.05) is 18.2 Å². The molecule has 0 radical (unpaired) electrons. The summed E-state index contributed by atoms with van der Waals surface area (Å²) in [5.74, 6) is -3.61. The zero-order valence-electron chi connectivity index (χ0n) is 22.7. The molecule has 0 spiro atoms. The number of carboxylic acid groups (broad SMARTS) is 1. The van der Waals surface area contributed by atoms with Crippen LogP contribution in [-0.2, 0) is 38.4 Å². The normalized spacial score (nSPS) is 14.8. The molecule has 4 rings (SSSR count). The molecule has 222 valence electrons. The van der Waals surface area contributed by atoms with E-state index in [4.69, 9.17) is 5.73 Å². The number of hydrogen-bond donors (Lipinski definition) is 9. The summed E-state index contributed by atoms with van der Waals surface area (Å²) in [4.78, 5) is 68.1. The number of carbonyl (C=O) groups excluding carboxylic acids is 3. The van der Waals surface area contributed by atoms with Crippen LogP contribution in [-0.4, -0.2) is 89.1 Å². The van der Waals surface area contributed by atoms with E-state index in [1.807, 2.05) is 24.3 Å². The van der Waals surface area contributed by atoms with Gasteiger partial charge in [0.1, 0.15) is 12.1 Å². The summed E-state index contributed by atoms with van der Waals surface area (Å²) in [5.41, 5.74) is 9.00. The molecule has 0 saturated carbocycles. The number of aliphatic hydroxyl groups excluding tert-OH is 1. The summed E-state index contributed by atoms with van der Waals surface area (Å²) in [6, 6.07) is 2.54. The number of aliphatic carboxylic acids is 1. The van der Waals surface area contributed by atoms with E-state index in [1.54, 1.807) is 6.20 Å². The number of para-hydroxylation sites is 1. The number of aromatic nitrogens is 5. The molecule has 5 atom stereocenters. The van der Waals surface area contributed by atoms with Crippen LogP contribution >= 0.6 is 0 Å². The molecular weight excluding hydrogens is 546 g/mol. The summed E-state index contributed by atoms with van der Waals surface area (Å²) >= 11 is 0. The second-order valence-corrected chi connectivity index (χ2v) is 9.92. The van der Waals surface area contributed by atoms with E-state index < -0.39 is 54.0 Å². The second kappa shape index (κ2) is 13.6. The van der Waals surface area contributed by atoms with Crippen molar-refractivity contribution in [1.29, 1.82) is 0 Å². The molecule has 5 unspecified atom stereocenters. The summed E-state index contributed by atoms with van der Waals surface area (Å²) in [6.07, 6.45) is 6.26. The summed E-state index contributed by atoms with van der Waals surface area (Å²) in [5, 5.41) is 27.7. The van der Waals surface area contributed by atoms with Gasteiger partial charge in [0.2, 0.25) is 17.7 Å². The first-order valence-electron chi connectivity index (χ1n) is 13.2. The minimum Gasteiger partial charge on any atom is -0.480 e. The van der Waals surface area contributed by atoms with E-state index >= 15 is 0 Å². The van der Waals surface area contributed by atoms with Crippen LogP contribution in [0.15, 0.2) is 55.5 Å². The largest absolute Gasteiger partial charge is 0.480 e. The molecule has 1 aromatic carbocycles. The van der Waals surface area contributed by atoms with Gasteiger partial charge in [-0.05, 0) is 25.0 Å². The summed E-state index contributed by atoms with van der Waals surface area (Å²) in [7, 11) is 0. The highest BCUT2D eigenvalue weighted by atomic mass is 16.4. The van der Waals surface area contributed by atoms with Crippen molar-refractivity contribution in [2.24, 2.45) is 5.73 Å². The molecule has 10 N–H and O–H groups in total. The third-order valence-corrected chi connectivity index (χ3v) is 6.72. The Bertz CT molecular complexity index is 1500. The van der Waals surface area contributed by atoms with Crippen LogP contribution in [0.3, 0.4) is 0 Å².